The third-order valence-electron chi connectivity index (χ3n) is 4.98. The van der Waals surface area contributed by atoms with E-state index in [0.717, 1.165) is 4.31 Å². The molecule has 0 aromatic heterocycles. The normalized spacial score (nSPS) is 11.6. The monoisotopic (exact) mass is 513 g/mol. The van der Waals surface area contributed by atoms with Crippen molar-refractivity contribution in [3.8, 4) is 0 Å². The fraction of sp³-hybridized carbons (Fsp3) is 0.231. The number of benzene rings is 3. The minimum absolute atomic E-state index is 0.0482. The van der Waals surface area contributed by atoms with Crippen molar-refractivity contribution in [2.45, 2.75) is 38.1 Å². The molecule has 0 radical (unpaired) electrons. The molecule has 3 aromatic carbocycles. The number of nitrogens with one attached hydrogen (secondary N) is 2. The van der Waals surface area contributed by atoms with Gasteiger partial charge in [0.2, 0.25) is 5.91 Å². The number of amides is 2. The molecule has 0 fully saturated rings. The second kappa shape index (κ2) is 10.5. The lowest BCUT2D eigenvalue weighted by Gasteiger charge is -2.26. The van der Waals surface area contributed by atoms with Crippen molar-refractivity contribution < 1.29 is 18.0 Å². The summed E-state index contributed by atoms with van der Waals surface area (Å²) in [6.07, 6.45) is 0. The Kier molecular flexibility index (Phi) is 7.87. The third-order valence-corrected chi connectivity index (χ3v) is 6.99. The summed E-state index contributed by atoms with van der Waals surface area (Å²) in [4.78, 5) is 25.9. The maximum atomic E-state index is 13.5. The maximum absolute atomic E-state index is 13.5. The Balaban J connectivity index is 1.95. The summed E-state index contributed by atoms with van der Waals surface area (Å²) >= 11 is 6.07. The van der Waals surface area contributed by atoms with Gasteiger partial charge in [-0.3, -0.25) is 13.9 Å². The number of nitrogens with zero attached hydrogens (tertiary/aromatic N) is 1. The van der Waals surface area contributed by atoms with Crippen LogP contribution in [-0.4, -0.2) is 32.3 Å². The molecule has 0 saturated heterocycles. The zero-order valence-electron chi connectivity index (χ0n) is 20.0. The minimum Gasteiger partial charge on any atom is -0.347 e. The van der Waals surface area contributed by atoms with E-state index in [1.54, 1.807) is 67.6 Å². The minimum atomic E-state index is -4.08. The van der Waals surface area contributed by atoms with Crippen LogP contribution in [-0.2, 0) is 14.8 Å². The van der Waals surface area contributed by atoms with E-state index in [2.05, 4.69) is 10.6 Å². The molecule has 0 aliphatic carbocycles. The molecule has 0 saturated carbocycles. The number of aryl methyl sites for hydroxylation is 1. The molecular formula is C26H28ClN3O4S. The van der Waals surface area contributed by atoms with Crippen molar-refractivity contribution in [3.63, 3.8) is 0 Å². The SMILES string of the molecule is Cc1cc(Cl)ccc1N(CC(=O)Nc1ccccc1C(=O)NC(C)(C)C)S(=O)(=O)c1ccccc1. The fourth-order valence-electron chi connectivity index (χ4n) is 3.44. The van der Waals surface area contributed by atoms with Crippen molar-refractivity contribution in [1.82, 2.24) is 5.32 Å². The molecule has 2 amide bonds. The number of sulfonamides is 1. The van der Waals surface area contributed by atoms with Gasteiger partial charge in [0.25, 0.3) is 15.9 Å². The first kappa shape index (κ1) is 26.2. The van der Waals surface area contributed by atoms with Crippen molar-refractivity contribution in [2.24, 2.45) is 0 Å². The van der Waals surface area contributed by atoms with Gasteiger partial charge in [0.1, 0.15) is 6.54 Å². The van der Waals surface area contributed by atoms with Crippen molar-refractivity contribution in [1.29, 1.82) is 0 Å². The second-order valence-corrected chi connectivity index (χ2v) is 11.4. The largest absolute Gasteiger partial charge is 0.347 e. The van der Waals surface area contributed by atoms with Gasteiger partial charge in [-0.05, 0) is 75.7 Å². The van der Waals surface area contributed by atoms with Gasteiger partial charge in [-0.15, -0.1) is 0 Å². The molecule has 0 aliphatic rings. The summed E-state index contributed by atoms with van der Waals surface area (Å²) in [7, 11) is -4.08. The first-order chi connectivity index (χ1) is 16.4. The molecular weight excluding hydrogens is 486 g/mol. The van der Waals surface area contributed by atoms with Gasteiger partial charge in [0, 0.05) is 10.6 Å². The van der Waals surface area contributed by atoms with Crippen molar-refractivity contribution >= 4 is 44.8 Å². The molecule has 3 aromatic rings. The van der Waals surface area contributed by atoms with E-state index in [-0.39, 0.29) is 22.1 Å². The Hall–Kier alpha value is -3.36. The molecule has 0 heterocycles. The van der Waals surface area contributed by atoms with Crippen LogP contribution in [0.1, 0.15) is 36.7 Å². The predicted octanol–water partition coefficient (Wildman–Crippen LogP) is 5.01. The summed E-state index contributed by atoms with van der Waals surface area (Å²) in [6.45, 7) is 6.78. The smallest absolute Gasteiger partial charge is 0.264 e. The molecule has 9 heteroatoms. The number of anilines is 2. The van der Waals surface area contributed by atoms with E-state index in [4.69, 9.17) is 11.6 Å². The van der Waals surface area contributed by atoms with Gasteiger partial charge in [-0.2, -0.15) is 0 Å². The molecule has 3 rings (SSSR count). The van der Waals surface area contributed by atoms with E-state index in [0.29, 0.717) is 16.3 Å². The summed E-state index contributed by atoms with van der Waals surface area (Å²) < 4.78 is 28.1. The van der Waals surface area contributed by atoms with E-state index in [1.807, 2.05) is 20.8 Å². The van der Waals surface area contributed by atoms with Gasteiger partial charge in [0.05, 0.1) is 21.8 Å². The molecule has 0 unspecified atom stereocenters. The Labute approximate surface area is 211 Å². The average Bonchev–Trinajstić information content (AvgIpc) is 2.77. The van der Waals surface area contributed by atoms with E-state index >= 15 is 0 Å². The van der Waals surface area contributed by atoms with Crippen LogP contribution in [0.4, 0.5) is 11.4 Å². The predicted molar refractivity (Wildman–Crippen MR) is 139 cm³/mol. The number of hydrogen-bond acceptors (Lipinski definition) is 4. The van der Waals surface area contributed by atoms with Crippen LogP contribution in [0.3, 0.4) is 0 Å². The summed E-state index contributed by atoms with van der Waals surface area (Å²) in [5.41, 5.74) is 1.00. The fourth-order valence-corrected chi connectivity index (χ4v) is 5.17. The zero-order valence-corrected chi connectivity index (χ0v) is 21.6. The van der Waals surface area contributed by atoms with Crippen LogP contribution in [0.25, 0.3) is 0 Å². The number of carbonyl (C=O) groups excluding carboxylic acids is 2. The van der Waals surface area contributed by atoms with E-state index in [9.17, 15) is 18.0 Å². The molecule has 0 bridgehead atoms. The second-order valence-electron chi connectivity index (χ2n) is 9.05. The zero-order chi connectivity index (χ0) is 25.8. The Morgan fingerprint density at radius 3 is 2.20 bits per heavy atom. The molecule has 2 N–H and O–H groups in total. The lowest BCUT2D eigenvalue weighted by molar-refractivity contribution is -0.114. The summed E-state index contributed by atoms with van der Waals surface area (Å²) in [6, 6.07) is 19.2. The van der Waals surface area contributed by atoms with Gasteiger partial charge in [-0.1, -0.05) is 41.9 Å². The summed E-state index contributed by atoms with van der Waals surface area (Å²) in [5.74, 6) is -0.953. The highest BCUT2D eigenvalue weighted by Gasteiger charge is 2.29. The van der Waals surface area contributed by atoms with Gasteiger partial charge < -0.3 is 10.6 Å². The van der Waals surface area contributed by atoms with Crippen LogP contribution in [0.2, 0.25) is 5.02 Å². The molecule has 7 nitrogen and oxygen atoms in total. The number of halogens is 1. The van der Waals surface area contributed by atoms with Crippen LogP contribution >= 0.6 is 11.6 Å². The molecule has 0 atom stereocenters. The number of para-hydroxylation sites is 1. The van der Waals surface area contributed by atoms with Crippen LogP contribution in [0, 0.1) is 6.92 Å². The summed E-state index contributed by atoms with van der Waals surface area (Å²) in [5, 5.41) is 6.02. The van der Waals surface area contributed by atoms with E-state index < -0.39 is 28.0 Å². The highest BCUT2D eigenvalue weighted by Crippen LogP contribution is 2.29. The maximum Gasteiger partial charge on any atom is 0.264 e. The van der Waals surface area contributed by atoms with Crippen molar-refractivity contribution in [2.75, 3.05) is 16.2 Å². The highest BCUT2D eigenvalue weighted by atomic mass is 35.5. The first-order valence-electron chi connectivity index (χ1n) is 10.9. The average molecular weight is 514 g/mol. The lowest BCUT2D eigenvalue weighted by atomic mass is 10.1. The van der Waals surface area contributed by atoms with Gasteiger partial charge in [-0.25, -0.2) is 8.42 Å². The topological polar surface area (TPSA) is 95.6 Å². The molecule has 0 aliphatic heterocycles. The highest BCUT2D eigenvalue weighted by molar-refractivity contribution is 7.92. The molecule has 35 heavy (non-hydrogen) atoms. The van der Waals surface area contributed by atoms with Crippen LogP contribution in [0.5, 0.6) is 0 Å². The van der Waals surface area contributed by atoms with Crippen LogP contribution in [0.15, 0.2) is 77.7 Å². The lowest BCUT2D eigenvalue weighted by Crippen LogP contribution is -2.41. The third kappa shape index (κ3) is 6.61. The Morgan fingerprint density at radius 1 is 0.943 bits per heavy atom. The molecule has 184 valence electrons. The number of hydrogen-bond donors (Lipinski definition) is 2. The van der Waals surface area contributed by atoms with Gasteiger partial charge in [0.15, 0.2) is 0 Å². The standard InChI is InChI=1S/C26H28ClN3O4S/c1-18-16-19(27)14-15-23(18)30(35(33,34)20-10-6-5-7-11-20)17-24(31)28-22-13-9-8-12-21(22)25(32)29-26(2,3)4/h5-16H,17H2,1-4H3,(H,28,31)(H,29,32). The van der Waals surface area contributed by atoms with Crippen LogP contribution < -0.4 is 14.9 Å². The molecule has 0 spiro atoms. The Bertz CT molecular complexity index is 1340. The quantitative estimate of drug-likeness (QED) is 0.464. The Morgan fingerprint density at radius 2 is 1.57 bits per heavy atom. The van der Waals surface area contributed by atoms with Gasteiger partial charge >= 0.3 is 0 Å². The van der Waals surface area contributed by atoms with Crippen molar-refractivity contribution in [3.05, 3.63) is 88.9 Å². The number of rotatable bonds is 7. The number of carbonyl (C=O) groups is 2. The van der Waals surface area contributed by atoms with E-state index in [1.165, 1.54) is 12.1 Å². The first-order valence-corrected chi connectivity index (χ1v) is 12.8.